The highest BCUT2D eigenvalue weighted by molar-refractivity contribution is 6.31. The molecule has 0 atom stereocenters. The highest BCUT2D eigenvalue weighted by atomic mass is 35.5. The van der Waals surface area contributed by atoms with Gasteiger partial charge in [0.05, 0.1) is 6.42 Å². The summed E-state index contributed by atoms with van der Waals surface area (Å²) in [5, 5.41) is 3.41. The number of carbonyl (C=O) groups is 1. The monoisotopic (exact) mass is 274 g/mol. The lowest BCUT2D eigenvalue weighted by molar-refractivity contribution is -0.115. The molecule has 2 rings (SSSR count). The number of anilines is 2. The van der Waals surface area contributed by atoms with Gasteiger partial charge in [-0.2, -0.15) is 0 Å². The van der Waals surface area contributed by atoms with E-state index in [4.69, 9.17) is 17.3 Å². The van der Waals surface area contributed by atoms with Crippen molar-refractivity contribution in [1.82, 2.24) is 0 Å². The minimum absolute atomic E-state index is 0.114. The number of hydrogen-bond acceptors (Lipinski definition) is 2. The van der Waals surface area contributed by atoms with Crippen molar-refractivity contribution in [1.29, 1.82) is 0 Å². The van der Waals surface area contributed by atoms with Crippen LogP contribution in [0.25, 0.3) is 0 Å². The Morgan fingerprint density at radius 2 is 2.00 bits per heavy atom. The standard InChI is InChI=1S/C15H15ClN2O/c1-10-6-7-12(9-14(10)17)18-15(19)8-11-4-2-3-5-13(11)16/h2-7,9H,8,17H2,1H3,(H,18,19). The van der Waals surface area contributed by atoms with E-state index in [2.05, 4.69) is 5.32 Å². The fraction of sp³-hybridized carbons (Fsp3) is 0.133. The molecule has 0 radical (unpaired) electrons. The first kappa shape index (κ1) is 13.4. The van der Waals surface area contributed by atoms with E-state index in [1.807, 2.05) is 37.3 Å². The number of carbonyl (C=O) groups excluding carboxylic acids is 1. The lowest BCUT2D eigenvalue weighted by Gasteiger charge is -2.08. The smallest absolute Gasteiger partial charge is 0.228 e. The number of nitrogens with one attached hydrogen (secondary N) is 1. The maximum atomic E-state index is 11.9. The van der Waals surface area contributed by atoms with Gasteiger partial charge in [-0.3, -0.25) is 4.79 Å². The van der Waals surface area contributed by atoms with Crippen LogP contribution in [0, 0.1) is 6.92 Å². The lowest BCUT2D eigenvalue weighted by Crippen LogP contribution is -2.14. The molecule has 2 aromatic carbocycles. The first-order valence-electron chi connectivity index (χ1n) is 5.95. The molecule has 0 bridgehead atoms. The number of nitrogen functional groups attached to an aromatic ring is 1. The van der Waals surface area contributed by atoms with Gasteiger partial charge in [0, 0.05) is 16.4 Å². The van der Waals surface area contributed by atoms with Crippen molar-refractivity contribution >= 4 is 28.9 Å². The molecule has 98 valence electrons. The molecule has 0 saturated heterocycles. The van der Waals surface area contributed by atoms with Crippen LogP contribution in [0.4, 0.5) is 11.4 Å². The second kappa shape index (κ2) is 5.76. The molecule has 0 aliphatic rings. The molecule has 0 aliphatic carbocycles. The summed E-state index contributed by atoms with van der Waals surface area (Å²) in [6.07, 6.45) is 0.244. The average Bonchev–Trinajstić information content (AvgIpc) is 2.37. The van der Waals surface area contributed by atoms with Crippen LogP contribution in [0.1, 0.15) is 11.1 Å². The van der Waals surface area contributed by atoms with E-state index >= 15 is 0 Å². The summed E-state index contributed by atoms with van der Waals surface area (Å²) in [7, 11) is 0. The third-order valence-electron chi connectivity index (χ3n) is 2.87. The van der Waals surface area contributed by atoms with Gasteiger partial charge in [0.25, 0.3) is 0 Å². The molecule has 0 spiro atoms. The normalized spacial score (nSPS) is 10.2. The van der Waals surface area contributed by atoms with E-state index in [9.17, 15) is 4.79 Å². The number of halogens is 1. The zero-order chi connectivity index (χ0) is 13.8. The Morgan fingerprint density at radius 1 is 1.26 bits per heavy atom. The SMILES string of the molecule is Cc1ccc(NC(=O)Cc2ccccc2Cl)cc1N. The second-order valence-corrected chi connectivity index (χ2v) is 4.79. The second-order valence-electron chi connectivity index (χ2n) is 4.39. The molecule has 4 heteroatoms. The van der Waals surface area contributed by atoms with Crippen LogP contribution in [0.2, 0.25) is 5.02 Å². The maximum Gasteiger partial charge on any atom is 0.228 e. The number of nitrogens with two attached hydrogens (primary N) is 1. The molecule has 0 saturated carbocycles. The van der Waals surface area contributed by atoms with Crippen LogP contribution < -0.4 is 11.1 Å². The fourth-order valence-corrected chi connectivity index (χ4v) is 1.94. The zero-order valence-corrected chi connectivity index (χ0v) is 11.4. The molecule has 3 nitrogen and oxygen atoms in total. The van der Waals surface area contributed by atoms with Crippen LogP contribution in [0.3, 0.4) is 0 Å². The van der Waals surface area contributed by atoms with E-state index in [1.165, 1.54) is 0 Å². The highest BCUT2D eigenvalue weighted by Gasteiger charge is 2.07. The molecule has 3 N–H and O–H groups in total. The van der Waals surface area contributed by atoms with Gasteiger partial charge in [-0.05, 0) is 36.2 Å². The molecule has 0 unspecified atom stereocenters. The van der Waals surface area contributed by atoms with Gasteiger partial charge in [0.15, 0.2) is 0 Å². The molecule has 0 aliphatic heterocycles. The fourth-order valence-electron chi connectivity index (χ4n) is 1.74. The molecular formula is C15H15ClN2O. The van der Waals surface area contributed by atoms with Crippen molar-refractivity contribution in [2.45, 2.75) is 13.3 Å². The lowest BCUT2D eigenvalue weighted by atomic mass is 10.1. The Kier molecular flexibility index (Phi) is 4.07. The summed E-state index contributed by atoms with van der Waals surface area (Å²) in [6.45, 7) is 1.92. The summed E-state index contributed by atoms with van der Waals surface area (Å²) < 4.78 is 0. The average molecular weight is 275 g/mol. The first-order chi connectivity index (χ1) is 9.06. The molecule has 19 heavy (non-hydrogen) atoms. The van der Waals surface area contributed by atoms with E-state index in [0.717, 1.165) is 11.1 Å². The van der Waals surface area contributed by atoms with Gasteiger partial charge in [-0.1, -0.05) is 35.9 Å². The topological polar surface area (TPSA) is 55.1 Å². The molecule has 0 fully saturated rings. The first-order valence-corrected chi connectivity index (χ1v) is 6.33. The number of benzene rings is 2. The van der Waals surface area contributed by atoms with Crippen LogP contribution in [0.5, 0.6) is 0 Å². The van der Waals surface area contributed by atoms with E-state index in [0.29, 0.717) is 16.4 Å². The Balaban J connectivity index is 2.05. The quantitative estimate of drug-likeness (QED) is 0.843. The van der Waals surface area contributed by atoms with Crippen LogP contribution in [0.15, 0.2) is 42.5 Å². The minimum Gasteiger partial charge on any atom is -0.398 e. The summed E-state index contributed by atoms with van der Waals surface area (Å²) in [5.41, 5.74) is 8.95. The van der Waals surface area contributed by atoms with Crippen molar-refractivity contribution < 1.29 is 4.79 Å². The van der Waals surface area contributed by atoms with Crippen molar-refractivity contribution in [2.75, 3.05) is 11.1 Å². The number of hydrogen-bond donors (Lipinski definition) is 2. The Labute approximate surface area is 117 Å². The summed E-state index contributed by atoms with van der Waals surface area (Å²) in [4.78, 5) is 11.9. The number of aryl methyl sites for hydroxylation is 1. The summed E-state index contributed by atoms with van der Waals surface area (Å²) in [5.74, 6) is -0.114. The van der Waals surface area contributed by atoms with E-state index < -0.39 is 0 Å². The van der Waals surface area contributed by atoms with E-state index in [-0.39, 0.29) is 12.3 Å². The number of rotatable bonds is 3. The Bertz CT molecular complexity index is 611. The van der Waals surface area contributed by atoms with Crippen molar-refractivity contribution in [3.05, 3.63) is 58.6 Å². The third-order valence-corrected chi connectivity index (χ3v) is 3.24. The zero-order valence-electron chi connectivity index (χ0n) is 10.6. The molecular weight excluding hydrogens is 260 g/mol. The third kappa shape index (κ3) is 3.48. The highest BCUT2D eigenvalue weighted by Crippen LogP contribution is 2.19. The van der Waals surface area contributed by atoms with Gasteiger partial charge in [-0.25, -0.2) is 0 Å². The van der Waals surface area contributed by atoms with Crippen LogP contribution in [-0.4, -0.2) is 5.91 Å². The van der Waals surface area contributed by atoms with Gasteiger partial charge < -0.3 is 11.1 Å². The van der Waals surface area contributed by atoms with E-state index in [1.54, 1.807) is 12.1 Å². The van der Waals surface area contributed by atoms with Crippen molar-refractivity contribution in [3.63, 3.8) is 0 Å². The van der Waals surface area contributed by atoms with Gasteiger partial charge in [-0.15, -0.1) is 0 Å². The van der Waals surface area contributed by atoms with Crippen LogP contribution >= 0.6 is 11.6 Å². The van der Waals surface area contributed by atoms with Crippen molar-refractivity contribution in [2.24, 2.45) is 0 Å². The Morgan fingerprint density at radius 3 is 2.68 bits per heavy atom. The largest absolute Gasteiger partial charge is 0.398 e. The van der Waals surface area contributed by atoms with Gasteiger partial charge in [0.1, 0.15) is 0 Å². The minimum atomic E-state index is -0.114. The number of amides is 1. The molecule has 1 amide bonds. The Hall–Kier alpha value is -2.00. The summed E-state index contributed by atoms with van der Waals surface area (Å²) >= 11 is 6.02. The summed E-state index contributed by atoms with van der Waals surface area (Å²) in [6, 6.07) is 12.8. The van der Waals surface area contributed by atoms with Crippen molar-refractivity contribution in [3.8, 4) is 0 Å². The molecule has 0 heterocycles. The van der Waals surface area contributed by atoms with Crippen LogP contribution in [-0.2, 0) is 11.2 Å². The van der Waals surface area contributed by atoms with Gasteiger partial charge >= 0.3 is 0 Å². The van der Waals surface area contributed by atoms with Gasteiger partial charge in [0.2, 0.25) is 5.91 Å². The maximum absolute atomic E-state index is 11.9. The molecule has 0 aromatic heterocycles. The predicted octanol–water partition coefficient (Wildman–Crippen LogP) is 3.41. The molecule has 2 aromatic rings. The predicted molar refractivity (Wildman–Crippen MR) is 79.4 cm³/mol.